The number of halogens is 1. The number of anilines is 1. The molecule has 0 bridgehead atoms. The molecule has 102 valence electrons. The summed E-state index contributed by atoms with van der Waals surface area (Å²) in [6.45, 7) is 2.31. The van der Waals surface area contributed by atoms with Gasteiger partial charge in [0.2, 0.25) is 0 Å². The summed E-state index contributed by atoms with van der Waals surface area (Å²) in [6, 6.07) is 6.92. The molecule has 1 saturated carbocycles. The number of nitrogens with one attached hydrogen (secondary N) is 1. The Hall–Kier alpha value is -0.610. The van der Waals surface area contributed by atoms with Gasteiger partial charge in [-0.2, -0.15) is 0 Å². The molecule has 2 aromatic rings. The lowest BCUT2D eigenvalue weighted by molar-refractivity contribution is 0.330. The van der Waals surface area contributed by atoms with Crippen LogP contribution in [0.15, 0.2) is 22.7 Å². The van der Waals surface area contributed by atoms with Gasteiger partial charge in [0.1, 0.15) is 0 Å². The van der Waals surface area contributed by atoms with Gasteiger partial charge >= 0.3 is 0 Å². The molecule has 19 heavy (non-hydrogen) atoms. The van der Waals surface area contributed by atoms with Crippen LogP contribution >= 0.6 is 27.3 Å². The fraction of sp³-hybridized carbons (Fsp3) is 0.533. The average molecular weight is 339 g/mol. The summed E-state index contributed by atoms with van der Waals surface area (Å²) in [7, 11) is 0. The van der Waals surface area contributed by atoms with Crippen molar-refractivity contribution in [3.8, 4) is 0 Å². The highest BCUT2D eigenvalue weighted by Gasteiger charge is 2.20. The van der Waals surface area contributed by atoms with Crippen molar-refractivity contribution in [1.29, 1.82) is 0 Å². The topological polar surface area (TPSA) is 24.9 Å². The summed E-state index contributed by atoms with van der Waals surface area (Å²) in [4.78, 5) is 4.68. The van der Waals surface area contributed by atoms with Crippen molar-refractivity contribution >= 4 is 42.6 Å². The average Bonchev–Trinajstić information content (AvgIpc) is 2.81. The second-order valence-corrected chi connectivity index (χ2v) is 7.35. The summed E-state index contributed by atoms with van der Waals surface area (Å²) in [5, 5.41) is 4.70. The maximum atomic E-state index is 4.68. The van der Waals surface area contributed by atoms with E-state index in [0.29, 0.717) is 6.04 Å². The van der Waals surface area contributed by atoms with Gasteiger partial charge in [-0.25, -0.2) is 4.98 Å². The van der Waals surface area contributed by atoms with E-state index in [-0.39, 0.29) is 0 Å². The minimum Gasteiger partial charge on any atom is -0.359 e. The Morgan fingerprint density at radius 3 is 2.84 bits per heavy atom. The Kier molecular flexibility index (Phi) is 4.08. The van der Waals surface area contributed by atoms with Gasteiger partial charge in [0.15, 0.2) is 5.13 Å². The van der Waals surface area contributed by atoms with E-state index in [4.69, 9.17) is 0 Å². The number of aromatic nitrogens is 1. The highest BCUT2D eigenvalue weighted by atomic mass is 79.9. The van der Waals surface area contributed by atoms with Crippen molar-refractivity contribution in [3.63, 3.8) is 0 Å². The minimum absolute atomic E-state index is 0.617. The van der Waals surface area contributed by atoms with E-state index >= 15 is 0 Å². The monoisotopic (exact) mass is 338 g/mol. The fourth-order valence-electron chi connectivity index (χ4n) is 2.85. The molecule has 0 radical (unpaired) electrons. The molecule has 0 atom stereocenters. The first-order valence-corrected chi connectivity index (χ1v) is 8.68. The van der Waals surface area contributed by atoms with Crippen molar-refractivity contribution in [2.24, 2.45) is 5.92 Å². The van der Waals surface area contributed by atoms with Gasteiger partial charge in [0.25, 0.3) is 0 Å². The van der Waals surface area contributed by atoms with Gasteiger partial charge in [0.05, 0.1) is 10.2 Å². The summed E-state index contributed by atoms with van der Waals surface area (Å²) >= 11 is 5.26. The lowest BCUT2D eigenvalue weighted by Crippen LogP contribution is -2.25. The van der Waals surface area contributed by atoms with Gasteiger partial charge in [-0.1, -0.05) is 40.6 Å². The maximum Gasteiger partial charge on any atom is 0.184 e. The zero-order valence-corrected chi connectivity index (χ0v) is 13.6. The SMILES string of the molecule is CCC1CCC(Nc2nc3cc(Br)ccc3s2)CC1. The summed E-state index contributed by atoms with van der Waals surface area (Å²) < 4.78 is 2.35. The zero-order chi connectivity index (χ0) is 13.2. The quantitative estimate of drug-likeness (QED) is 0.805. The van der Waals surface area contributed by atoms with Crippen LogP contribution in [0.1, 0.15) is 39.0 Å². The number of thiazole rings is 1. The normalized spacial score (nSPS) is 23.7. The number of hydrogen-bond donors (Lipinski definition) is 1. The van der Waals surface area contributed by atoms with E-state index in [2.05, 4.69) is 51.4 Å². The van der Waals surface area contributed by atoms with Crippen LogP contribution in [0.2, 0.25) is 0 Å². The van der Waals surface area contributed by atoms with E-state index < -0.39 is 0 Å². The van der Waals surface area contributed by atoms with E-state index in [1.165, 1.54) is 36.8 Å². The van der Waals surface area contributed by atoms with Gasteiger partial charge < -0.3 is 5.32 Å². The van der Waals surface area contributed by atoms with Crippen LogP contribution in [0.5, 0.6) is 0 Å². The Balaban J connectivity index is 1.68. The molecule has 1 aromatic carbocycles. The predicted molar refractivity (Wildman–Crippen MR) is 87.0 cm³/mol. The van der Waals surface area contributed by atoms with Crippen molar-refractivity contribution in [2.75, 3.05) is 5.32 Å². The zero-order valence-electron chi connectivity index (χ0n) is 11.2. The van der Waals surface area contributed by atoms with E-state index in [9.17, 15) is 0 Å². The molecule has 3 rings (SSSR count). The molecule has 2 nitrogen and oxygen atoms in total. The number of benzene rings is 1. The molecule has 0 spiro atoms. The minimum atomic E-state index is 0.617. The van der Waals surface area contributed by atoms with Crippen LogP contribution in [0.25, 0.3) is 10.2 Å². The number of hydrogen-bond acceptors (Lipinski definition) is 3. The molecule has 0 unspecified atom stereocenters. The highest BCUT2D eigenvalue weighted by Crippen LogP contribution is 2.32. The number of rotatable bonds is 3. The fourth-order valence-corrected chi connectivity index (χ4v) is 4.12. The second kappa shape index (κ2) is 5.80. The van der Waals surface area contributed by atoms with Crippen molar-refractivity contribution < 1.29 is 0 Å². The Morgan fingerprint density at radius 1 is 1.32 bits per heavy atom. The molecule has 0 aliphatic heterocycles. The van der Waals surface area contributed by atoms with Gasteiger partial charge in [0, 0.05) is 10.5 Å². The second-order valence-electron chi connectivity index (χ2n) is 5.40. The van der Waals surface area contributed by atoms with Crippen molar-refractivity contribution in [3.05, 3.63) is 22.7 Å². The van der Waals surface area contributed by atoms with E-state index in [1.807, 2.05) is 0 Å². The van der Waals surface area contributed by atoms with Crippen molar-refractivity contribution in [1.82, 2.24) is 4.98 Å². The molecular weight excluding hydrogens is 320 g/mol. The third kappa shape index (κ3) is 3.11. The lowest BCUT2D eigenvalue weighted by Gasteiger charge is -2.28. The molecule has 1 heterocycles. The first-order chi connectivity index (χ1) is 9.24. The largest absolute Gasteiger partial charge is 0.359 e. The molecule has 1 aliphatic rings. The number of fused-ring (bicyclic) bond motifs is 1. The smallest absolute Gasteiger partial charge is 0.184 e. The Morgan fingerprint density at radius 2 is 2.11 bits per heavy atom. The third-order valence-corrected chi connectivity index (χ3v) is 5.56. The summed E-state index contributed by atoms with van der Waals surface area (Å²) in [5.41, 5.74) is 1.09. The van der Waals surface area contributed by atoms with Crippen LogP contribution < -0.4 is 5.32 Å². The first-order valence-electron chi connectivity index (χ1n) is 7.07. The van der Waals surface area contributed by atoms with Crippen LogP contribution in [0.4, 0.5) is 5.13 Å². The standard InChI is InChI=1S/C15H19BrN2S/c1-2-10-3-6-12(7-4-10)17-15-18-13-9-11(16)5-8-14(13)19-15/h5,8-10,12H,2-4,6-7H2,1H3,(H,17,18). The highest BCUT2D eigenvalue weighted by molar-refractivity contribution is 9.10. The third-order valence-electron chi connectivity index (χ3n) is 4.10. The molecular formula is C15H19BrN2S. The maximum absolute atomic E-state index is 4.68. The van der Waals surface area contributed by atoms with Gasteiger partial charge in [-0.05, 0) is 49.8 Å². The summed E-state index contributed by atoms with van der Waals surface area (Å²) in [5.74, 6) is 0.948. The van der Waals surface area contributed by atoms with Crippen LogP contribution in [-0.4, -0.2) is 11.0 Å². The van der Waals surface area contributed by atoms with Gasteiger partial charge in [-0.15, -0.1) is 0 Å². The van der Waals surface area contributed by atoms with Gasteiger partial charge in [-0.3, -0.25) is 0 Å². The predicted octanol–water partition coefficient (Wildman–Crippen LogP) is 5.44. The Bertz CT molecular complexity index is 558. The number of nitrogens with zero attached hydrogens (tertiary/aromatic N) is 1. The van der Waals surface area contributed by atoms with E-state index in [0.717, 1.165) is 21.0 Å². The molecule has 1 fully saturated rings. The van der Waals surface area contributed by atoms with E-state index in [1.54, 1.807) is 11.3 Å². The molecule has 0 amide bonds. The molecule has 1 aliphatic carbocycles. The first kappa shape index (κ1) is 13.4. The Labute approximate surface area is 126 Å². The molecule has 0 saturated heterocycles. The lowest BCUT2D eigenvalue weighted by atomic mass is 9.85. The van der Waals surface area contributed by atoms with Crippen LogP contribution in [0.3, 0.4) is 0 Å². The molecule has 1 aromatic heterocycles. The molecule has 1 N–H and O–H groups in total. The van der Waals surface area contributed by atoms with Crippen LogP contribution in [-0.2, 0) is 0 Å². The van der Waals surface area contributed by atoms with Crippen molar-refractivity contribution in [2.45, 2.75) is 45.1 Å². The molecule has 4 heteroatoms. The summed E-state index contributed by atoms with van der Waals surface area (Å²) in [6.07, 6.45) is 6.65. The van der Waals surface area contributed by atoms with Crippen LogP contribution in [0, 0.1) is 5.92 Å².